The lowest BCUT2D eigenvalue weighted by Crippen LogP contribution is -2.61. The predicted molar refractivity (Wildman–Crippen MR) is 464 cm³/mol. The molecular formula is C102H84BN7. The van der Waals surface area contributed by atoms with Crippen LogP contribution in [0, 0.1) is 22.7 Å². The van der Waals surface area contributed by atoms with Crippen molar-refractivity contribution in [3.63, 3.8) is 0 Å². The Labute approximate surface area is 651 Å². The molecule has 2 aliphatic heterocycles. The Morgan fingerprint density at radius 2 is 0.755 bits per heavy atom. The molecule has 0 fully saturated rings. The van der Waals surface area contributed by atoms with E-state index in [1.807, 2.05) is 48.5 Å². The van der Waals surface area contributed by atoms with E-state index < -0.39 is 24.8 Å². The fourth-order valence-electron chi connectivity index (χ4n) is 17.5. The summed E-state index contributed by atoms with van der Waals surface area (Å²) >= 11 is 0. The highest BCUT2D eigenvalue weighted by atomic mass is 15.2. The second-order valence-corrected chi connectivity index (χ2v) is 34.0. The lowest BCUT2D eigenvalue weighted by atomic mass is 9.33. The quantitative estimate of drug-likeness (QED) is 0.142. The van der Waals surface area contributed by atoms with Crippen LogP contribution in [0.2, 0.25) is 0 Å². The molecule has 8 heteroatoms. The zero-order valence-corrected chi connectivity index (χ0v) is 64.0. The minimum absolute atomic E-state index is 0.0565. The molecule has 19 rings (SSSR count). The summed E-state index contributed by atoms with van der Waals surface area (Å²) in [5.74, 6) is 0. The van der Waals surface area contributed by atoms with Gasteiger partial charge in [-0.15, -0.1) is 0 Å². The Bertz CT molecular complexity index is 6910. The molecule has 0 N–H and O–H groups in total. The SMILES string of the molecule is [2H]c1c([2H])c([2H])c(-c2ccc3c(c2)N(c2cccc(-n4c5ccc(C#N)cc5c5cc(C(C)(C)C)ccc54)c2C#N)c2cc(-n4c5ccccc5c5ccccc54)cc4c2B3c2ccc(-n3c5ccc(C(C)(C)C)cc5c5cc(C(C)(C)C)ccc53)cc2N4c2c(-c3ccccc3)cc(C(C)(C)C)cc2-c2ccccc2)c([2H])c1[2H]. The number of hydrogen-bond donors (Lipinski definition) is 0. The summed E-state index contributed by atoms with van der Waals surface area (Å²) in [5, 5.41) is 29.5. The third kappa shape index (κ3) is 10.7. The molecule has 530 valence electrons. The first kappa shape index (κ1) is 62.2. The van der Waals surface area contributed by atoms with Crippen LogP contribution < -0.4 is 26.2 Å². The second-order valence-electron chi connectivity index (χ2n) is 34.0. The number of fused-ring (bicyclic) bond motifs is 13. The molecule has 5 heterocycles. The first-order chi connectivity index (χ1) is 55.1. The molecule has 3 aromatic heterocycles. The maximum absolute atomic E-state index is 12.7. The molecule has 0 aliphatic carbocycles. The molecule has 0 spiro atoms. The van der Waals surface area contributed by atoms with Gasteiger partial charge in [0, 0.05) is 71.9 Å². The van der Waals surface area contributed by atoms with E-state index in [-0.39, 0.29) is 39.3 Å². The van der Waals surface area contributed by atoms with Gasteiger partial charge in [0.15, 0.2) is 0 Å². The highest BCUT2D eigenvalue weighted by Gasteiger charge is 2.46. The molecule has 0 saturated carbocycles. The Morgan fingerprint density at radius 1 is 0.309 bits per heavy atom. The fourth-order valence-corrected chi connectivity index (χ4v) is 17.5. The smallest absolute Gasteiger partial charge is 0.252 e. The lowest BCUT2D eigenvalue weighted by Gasteiger charge is -2.45. The summed E-state index contributed by atoms with van der Waals surface area (Å²) in [6.45, 7) is 26.6. The second kappa shape index (κ2) is 24.8. The summed E-state index contributed by atoms with van der Waals surface area (Å²) < 4.78 is 53.6. The molecule has 0 amide bonds. The number of nitrogens with zero attached hydrogens (tertiary/aromatic N) is 7. The third-order valence-corrected chi connectivity index (χ3v) is 23.2. The van der Waals surface area contributed by atoms with E-state index in [4.69, 9.17) is 1.37 Å². The maximum atomic E-state index is 12.7. The number of nitriles is 2. The van der Waals surface area contributed by atoms with Crippen molar-refractivity contribution in [3.05, 3.63) is 324 Å². The van der Waals surface area contributed by atoms with Gasteiger partial charge in [-0.3, -0.25) is 0 Å². The Kier molecular flexibility index (Phi) is 14.0. The Morgan fingerprint density at radius 3 is 1.28 bits per heavy atom. The fraction of sp³-hybridized carbons (Fsp3) is 0.157. The molecule has 0 atom stereocenters. The van der Waals surface area contributed by atoms with Crippen LogP contribution in [0.1, 0.15) is 123 Å². The van der Waals surface area contributed by atoms with E-state index >= 15 is 0 Å². The number of para-hydroxylation sites is 2. The zero-order valence-electron chi connectivity index (χ0n) is 69.0. The van der Waals surface area contributed by atoms with E-state index in [2.05, 4.69) is 331 Å². The van der Waals surface area contributed by atoms with Crippen molar-refractivity contribution in [2.75, 3.05) is 9.80 Å². The number of rotatable bonds is 8. The van der Waals surface area contributed by atoms with Gasteiger partial charge in [-0.2, -0.15) is 10.5 Å². The monoisotopic (exact) mass is 1420 g/mol. The van der Waals surface area contributed by atoms with Gasteiger partial charge in [0.25, 0.3) is 6.71 Å². The molecule has 0 unspecified atom stereocenters. The average molecular weight is 1420 g/mol. The first-order valence-corrected chi connectivity index (χ1v) is 38.1. The van der Waals surface area contributed by atoms with Gasteiger partial charge in [0.05, 0.1) is 74.3 Å². The van der Waals surface area contributed by atoms with E-state index in [0.717, 1.165) is 139 Å². The van der Waals surface area contributed by atoms with Crippen molar-refractivity contribution >= 4 is 123 Å². The van der Waals surface area contributed by atoms with E-state index in [1.54, 1.807) is 0 Å². The molecule has 2 aliphatic rings. The summed E-state index contributed by atoms with van der Waals surface area (Å²) in [7, 11) is 0. The molecular weight excluding hydrogens is 1330 g/mol. The van der Waals surface area contributed by atoms with E-state index in [0.29, 0.717) is 33.8 Å². The molecule has 0 saturated heterocycles. The van der Waals surface area contributed by atoms with Gasteiger partial charge in [-0.05, 0) is 204 Å². The van der Waals surface area contributed by atoms with Gasteiger partial charge in [0.1, 0.15) is 11.6 Å². The minimum atomic E-state index is -0.564. The van der Waals surface area contributed by atoms with Crippen LogP contribution in [0.4, 0.5) is 34.1 Å². The van der Waals surface area contributed by atoms with Gasteiger partial charge < -0.3 is 23.5 Å². The highest BCUT2D eigenvalue weighted by molar-refractivity contribution is 7.00. The van der Waals surface area contributed by atoms with Crippen molar-refractivity contribution in [2.45, 2.75) is 105 Å². The highest BCUT2D eigenvalue weighted by Crippen LogP contribution is 2.54. The molecule has 110 heavy (non-hydrogen) atoms. The van der Waals surface area contributed by atoms with Gasteiger partial charge in [0.2, 0.25) is 0 Å². The van der Waals surface area contributed by atoms with Gasteiger partial charge in [-0.1, -0.05) is 253 Å². The average Bonchev–Trinajstić information content (AvgIpc) is 1.45. The van der Waals surface area contributed by atoms with Crippen LogP contribution in [0.3, 0.4) is 0 Å². The molecule has 17 aromatic rings. The Hall–Kier alpha value is -12.9. The van der Waals surface area contributed by atoms with Gasteiger partial charge >= 0.3 is 0 Å². The van der Waals surface area contributed by atoms with Gasteiger partial charge in [-0.25, -0.2) is 0 Å². The summed E-state index contributed by atoms with van der Waals surface area (Å²) in [6.07, 6.45) is 0. The van der Waals surface area contributed by atoms with Crippen LogP contribution in [0.5, 0.6) is 0 Å². The standard InChI is InChI=1S/C102H84BN7/c1-99(2,3)68-41-48-89-80(54-68)81-55-69(100(4,5)6)42-49-90(81)106(89)72-44-46-84-94(58-72)110(98-76(65-29-18-14-19-30-65)56-71(102(10,11)12)57-77(98)66-31-20-15-21-32-66)96-60-73(107-85-35-24-22-33-74(85)75-34-23-25-36-86(75)107)59-95-97(96)103(84)83-45-40-67(64-27-16-13-17-28-64)52-93(83)109(95)88-38-26-37-87(82(88)62-105)108-91-47-39-63(61-104)51-78(91)79-53-70(101(7,8)9)43-50-92(79)108/h13-60H,1-12H3/i13D,16D,17D,27D,28D. The van der Waals surface area contributed by atoms with Crippen molar-refractivity contribution in [1.29, 1.82) is 10.5 Å². The topological polar surface area (TPSA) is 68.8 Å². The number of hydrogen-bond acceptors (Lipinski definition) is 4. The lowest BCUT2D eigenvalue weighted by molar-refractivity contribution is 0.590. The van der Waals surface area contributed by atoms with Crippen LogP contribution in [-0.2, 0) is 21.7 Å². The number of anilines is 6. The van der Waals surface area contributed by atoms with Crippen molar-refractivity contribution in [1.82, 2.24) is 13.7 Å². The van der Waals surface area contributed by atoms with Crippen LogP contribution in [-0.4, -0.2) is 20.4 Å². The molecule has 0 bridgehead atoms. The van der Waals surface area contributed by atoms with Crippen molar-refractivity contribution < 1.29 is 6.85 Å². The summed E-state index contributed by atoms with van der Waals surface area (Å²) in [5.41, 5.74) is 25.2. The summed E-state index contributed by atoms with van der Waals surface area (Å²) in [4.78, 5) is 4.80. The van der Waals surface area contributed by atoms with Crippen molar-refractivity contribution in [2.24, 2.45) is 0 Å². The molecule has 7 nitrogen and oxygen atoms in total. The largest absolute Gasteiger partial charge is 0.310 e. The number of benzene rings is 14. The molecule has 14 aromatic carbocycles. The zero-order chi connectivity index (χ0) is 80.0. The Balaban J connectivity index is 1.01. The minimum Gasteiger partial charge on any atom is -0.310 e. The number of aromatic nitrogens is 3. The normalized spacial score (nSPS) is 13.7. The van der Waals surface area contributed by atoms with E-state index in [9.17, 15) is 16.0 Å². The molecule has 0 radical (unpaired) electrons. The van der Waals surface area contributed by atoms with Crippen LogP contribution in [0.15, 0.2) is 291 Å². The summed E-state index contributed by atoms with van der Waals surface area (Å²) in [6, 6.07) is 97.0. The van der Waals surface area contributed by atoms with Crippen LogP contribution in [0.25, 0.3) is 116 Å². The first-order valence-electron chi connectivity index (χ1n) is 40.6. The third-order valence-electron chi connectivity index (χ3n) is 23.2. The predicted octanol–water partition coefficient (Wildman–Crippen LogP) is 25.0. The van der Waals surface area contributed by atoms with Crippen LogP contribution >= 0.6 is 0 Å². The van der Waals surface area contributed by atoms with E-state index in [1.165, 1.54) is 21.9 Å². The maximum Gasteiger partial charge on any atom is 0.252 e. The van der Waals surface area contributed by atoms with Crippen molar-refractivity contribution in [3.8, 4) is 62.6 Å².